The summed E-state index contributed by atoms with van der Waals surface area (Å²) < 4.78 is 18.0. The first-order valence-corrected chi connectivity index (χ1v) is 8.85. The predicted octanol–water partition coefficient (Wildman–Crippen LogP) is 2.14. The minimum Gasteiger partial charge on any atom is -0.355 e. The van der Waals surface area contributed by atoms with E-state index >= 15 is 0 Å². The molecule has 134 valence electrons. The third kappa shape index (κ3) is 4.37. The molecule has 1 saturated carbocycles. The molecule has 1 aliphatic carbocycles. The molecule has 0 unspecified atom stereocenters. The van der Waals surface area contributed by atoms with Crippen molar-refractivity contribution in [2.45, 2.75) is 17.9 Å². The van der Waals surface area contributed by atoms with E-state index in [-0.39, 0.29) is 28.9 Å². The van der Waals surface area contributed by atoms with Crippen LogP contribution in [0, 0.1) is 28.5 Å². The summed E-state index contributed by atoms with van der Waals surface area (Å²) in [5.41, 5.74) is 0.456. The van der Waals surface area contributed by atoms with Gasteiger partial charge in [0.05, 0.1) is 5.56 Å². The molecule has 1 aromatic heterocycles. The molecule has 0 bridgehead atoms. The number of aromatic nitrogens is 2. The summed E-state index contributed by atoms with van der Waals surface area (Å²) in [5, 5.41) is 30.4. The van der Waals surface area contributed by atoms with E-state index in [4.69, 9.17) is 15.3 Å². The second kappa shape index (κ2) is 7.97. The Bertz CT molecular complexity index is 874. The van der Waals surface area contributed by atoms with Gasteiger partial charge in [0.25, 0.3) is 0 Å². The number of rotatable bonds is 7. The third-order valence-corrected chi connectivity index (χ3v) is 4.59. The van der Waals surface area contributed by atoms with Crippen molar-refractivity contribution in [2.24, 2.45) is 5.92 Å². The highest BCUT2D eigenvalue weighted by molar-refractivity contribution is 7.99. The maximum atomic E-state index is 13.4. The van der Waals surface area contributed by atoms with Crippen LogP contribution in [0.3, 0.4) is 0 Å². The molecule has 3 rings (SSSR count). The van der Waals surface area contributed by atoms with Gasteiger partial charge in [0.15, 0.2) is 16.6 Å². The lowest BCUT2D eigenvalue weighted by atomic mass is 10.2. The highest BCUT2D eigenvalue weighted by Gasteiger charge is 2.29. The van der Waals surface area contributed by atoms with Crippen LogP contribution in [-0.2, 0) is 4.79 Å². The molecule has 10 heteroatoms. The molecule has 3 N–H and O–H groups in total. The fraction of sp³-hybridized carbons (Fsp3) is 0.312. The van der Waals surface area contributed by atoms with Gasteiger partial charge in [-0.1, -0.05) is 11.8 Å². The van der Waals surface area contributed by atoms with Gasteiger partial charge in [-0.3, -0.25) is 10.2 Å². The highest BCUT2D eigenvalue weighted by Crippen LogP contribution is 2.28. The Morgan fingerprint density at radius 3 is 3.00 bits per heavy atom. The molecule has 0 spiro atoms. The summed E-state index contributed by atoms with van der Waals surface area (Å²) in [7, 11) is 0. The van der Waals surface area contributed by atoms with E-state index in [0.717, 1.165) is 18.9 Å². The van der Waals surface area contributed by atoms with Crippen LogP contribution in [-0.4, -0.2) is 34.4 Å². The minimum absolute atomic E-state index is 0.0723. The molecule has 1 heterocycles. The summed E-state index contributed by atoms with van der Waals surface area (Å²) in [6, 6.07) is 5.60. The summed E-state index contributed by atoms with van der Waals surface area (Å²) in [5.74, 6) is 0.0736. The number of amides is 1. The molecule has 0 atom stereocenters. The number of anilines is 1. The van der Waals surface area contributed by atoms with E-state index in [0.29, 0.717) is 23.0 Å². The van der Waals surface area contributed by atoms with Gasteiger partial charge >= 0.3 is 0 Å². The lowest BCUT2D eigenvalue weighted by Crippen LogP contribution is -2.27. The lowest BCUT2D eigenvalue weighted by Gasteiger charge is -2.07. The number of carbonyl (C=O) groups is 1. The smallest absolute Gasteiger partial charge is 0.223 e. The molecule has 1 aromatic carbocycles. The van der Waals surface area contributed by atoms with E-state index in [2.05, 4.69) is 20.9 Å². The largest absolute Gasteiger partial charge is 0.355 e. The van der Waals surface area contributed by atoms with Crippen molar-refractivity contribution < 1.29 is 13.8 Å². The SMILES string of the molecule is N#Cc1cc(NC(=N)c2nonc2SCCNC(=O)C2CC2)ccc1F. The number of carbonyl (C=O) groups excluding carboxylic acids is 1. The Balaban J connectivity index is 1.56. The monoisotopic (exact) mass is 374 g/mol. The van der Waals surface area contributed by atoms with Crippen molar-refractivity contribution in [3.63, 3.8) is 0 Å². The van der Waals surface area contributed by atoms with Crippen LogP contribution >= 0.6 is 11.8 Å². The average Bonchev–Trinajstić information content (AvgIpc) is 3.38. The van der Waals surface area contributed by atoms with Crippen molar-refractivity contribution in [2.75, 3.05) is 17.6 Å². The fourth-order valence-corrected chi connectivity index (χ4v) is 2.89. The molecule has 0 aliphatic heterocycles. The Hall–Kier alpha value is -2.93. The Morgan fingerprint density at radius 1 is 1.46 bits per heavy atom. The van der Waals surface area contributed by atoms with E-state index in [1.807, 2.05) is 0 Å². The standard InChI is InChI=1S/C16H15FN6O2S/c17-12-4-3-11(7-10(12)8-18)21-14(19)13-16(23-25-22-13)26-6-5-20-15(24)9-1-2-9/h3-4,7,9H,1-2,5-6H2,(H2,19,21)(H,20,24). The van der Waals surface area contributed by atoms with Crippen molar-refractivity contribution in [3.8, 4) is 6.07 Å². The maximum absolute atomic E-state index is 13.4. The number of hydrogen-bond acceptors (Lipinski definition) is 7. The van der Waals surface area contributed by atoms with Gasteiger partial charge < -0.3 is 10.6 Å². The van der Waals surface area contributed by atoms with Gasteiger partial charge in [0.1, 0.15) is 11.9 Å². The van der Waals surface area contributed by atoms with Crippen molar-refractivity contribution >= 4 is 29.2 Å². The molecular weight excluding hydrogens is 359 g/mol. The summed E-state index contributed by atoms with van der Waals surface area (Å²) in [4.78, 5) is 11.6. The number of hydrogen-bond donors (Lipinski definition) is 3. The zero-order valence-corrected chi connectivity index (χ0v) is 14.4. The number of nitrogens with zero attached hydrogens (tertiary/aromatic N) is 3. The zero-order chi connectivity index (χ0) is 18.5. The van der Waals surface area contributed by atoms with E-state index in [9.17, 15) is 9.18 Å². The van der Waals surface area contributed by atoms with E-state index in [1.165, 1.54) is 23.9 Å². The predicted molar refractivity (Wildman–Crippen MR) is 92.3 cm³/mol. The second-order valence-electron chi connectivity index (χ2n) is 5.64. The van der Waals surface area contributed by atoms with Crippen LogP contribution in [0.2, 0.25) is 0 Å². The normalized spacial score (nSPS) is 13.1. The number of nitrogens with one attached hydrogen (secondary N) is 3. The topological polar surface area (TPSA) is 128 Å². The van der Waals surface area contributed by atoms with Crippen molar-refractivity contribution in [1.29, 1.82) is 10.7 Å². The number of nitriles is 1. The Kier molecular flexibility index (Phi) is 5.48. The van der Waals surface area contributed by atoms with E-state index in [1.54, 1.807) is 6.07 Å². The number of benzene rings is 1. The van der Waals surface area contributed by atoms with Crippen LogP contribution in [0.1, 0.15) is 24.1 Å². The first-order chi connectivity index (χ1) is 12.6. The van der Waals surface area contributed by atoms with Crippen LogP contribution in [0.4, 0.5) is 10.1 Å². The van der Waals surface area contributed by atoms with Crippen LogP contribution < -0.4 is 10.6 Å². The van der Waals surface area contributed by atoms with Gasteiger partial charge in [0.2, 0.25) is 5.91 Å². The van der Waals surface area contributed by atoms with Gasteiger partial charge in [0, 0.05) is 23.9 Å². The van der Waals surface area contributed by atoms with Crippen molar-refractivity contribution in [3.05, 3.63) is 35.3 Å². The molecular formula is C16H15FN6O2S. The minimum atomic E-state index is -0.628. The summed E-state index contributed by atoms with van der Waals surface area (Å²) in [6.45, 7) is 0.483. The van der Waals surface area contributed by atoms with Crippen molar-refractivity contribution in [1.82, 2.24) is 15.6 Å². The molecule has 0 radical (unpaired) electrons. The van der Waals surface area contributed by atoms with Gasteiger partial charge in [-0.15, -0.1) is 0 Å². The van der Waals surface area contributed by atoms with Crippen LogP contribution in [0.15, 0.2) is 27.9 Å². The molecule has 1 fully saturated rings. The summed E-state index contributed by atoms with van der Waals surface area (Å²) >= 11 is 1.30. The fourth-order valence-electron chi connectivity index (χ4n) is 2.13. The number of halogens is 1. The molecule has 1 amide bonds. The third-order valence-electron chi connectivity index (χ3n) is 3.64. The number of thioether (sulfide) groups is 1. The first-order valence-electron chi connectivity index (χ1n) is 7.87. The Labute approximate surface area is 152 Å². The second-order valence-corrected chi connectivity index (χ2v) is 6.72. The van der Waals surface area contributed by atoms with Crippen LogP contribution in [0.5, 0.6) is 0 Å². The molecule has 26 heavy (non-hydrogen) atoms. The zero-order valence-electron chi connectivity index (χ0n) is 13.6. The van der Waals surface area contributed by atoms with Gasteiger partial charge in [-0.05, 0) is 41.4 Å². The molecule has 1 aliphatic rings. The lowest BCUT2D eigenvalue weighted by molar-refractivity contribution is -0.122. The molecule has 2 aromatic rings. The number of amidine groups is 1. The van der Waals surface area contributed by atoms with E-state index < -0.39 is 5.82 Å². The first kappa shape index (κ1) is 17.9. The molecule has 8 nitrogen and oxygen atoms in total. The highest BCUT2D eigenvalue weighted by atomic mass is 32.2. The van der Waals surface area contributed by atoms with Gasteiger partial charge in [-0.25, -0.2) is 9.02 Å². The van der Waals surface area contributed by atoms with Crippen LogP contribution in [0.25, 0.3) is 0 Å². The van der Waals surface area contributed by atoms with Gasteiger partial charge in [-0.2, -0.15) is 5.26 Å². The average molecular weight is 374 g/mol. The molecule has 0 saturated heterocycles. The summed E-state index contributed by atoms with van der Waals surface area (Å²) in [6.07, 6.45) is 1.91. The Morgan fingerprint density at radius 2 is 2.27 bits per heavy atom. The quantitative estimate of drug-likeness (QED) is 0.293. The maximum Gasteiger partial charge on any atom is 0.223 e.